The molecule has 0 aliphatic carbocycles. The number of carbonyl (C=O) groups excluding carboxylic acids is 1. The average Bonchev–Trinajstić information content (AvgIpc) is 2.89. The van der Waals surface area contributed by atoms with Gasteiger partial charge >= 0.3 is 0 Å². The van der Waals surface area contributed by atoms with Crippen molar-refractivity contribution >= 4 is 39.8 Å². The lowest BCUT2D eigenvalue weighted by molar-refractivity contribution is -0.127. The molecule has 0 saturated carbocycles. The number of aryl methyl sites for hydroxylation is 2. The van der Waals surface area contributed by atoms with Crippen LogP contribution in [-0.4, -0.2) is 40.3 Å². The van der Waals surface area contributed by atoms with Crippen LogP contribution >= 0.6 is 23.1 Å². The molecule has 0 radical (unpaired) electrons. The second-order valence-corrected chi connectivity index (χ2v) is 7.86. The van der Waals surface area contributed by atoms with Crippen molar-refractivity contribution in [2.24, 2.45) is 0 Å². The average molecular weight is 336 g/mol. The Balaban J connectivity index is 2.02. The minimum absolute atomic E-state index is 0.0730. The molecular formula is C15H20N4OS2. The number of amides is 1. The van der Waals surface area contributed by atoms with Gasteiger partial charge in [-0.25, -0.2) is 0 Å². The van der Waals surface area contributed by atoms with E-state index in [1.165, 1.54) is 34.2 Å². The third kappa shape index (κ3) is 4.20. The Morgan fingerprint density at radius 3 is 2.64 bits per heavy atom. The van der Waals surface area contributed by atoms with Gasteiger partial charge in [0.05, 0.1) is 5.25 Å². The maximum atomic E-state index is 11.9. The van der Waals surface area contributed by atoms with Crippen molar-refractivity contribution < 1.29 is 4.79 Å². The highest BCUT2D eigenvalue weighted by atomic mass is 32.2. The number of nitrogens with one attached hydrogen (secondary N) is 1. The van der Waals surface area contributed by atoms with Crippen molar-refractivity contribution in [1.29, 1.82) is 0 Å². The monoisotopic (exact) mass is 336 g/mol. The lowest BCUT2D eigenvalue weighted by Crippen LogP contribution is -2.29. The second-order valence-electron chi connectivity index (χ2n) is 5.29. The van der Waals surface area contributed by atoms with Gasteiger partial charge < -0.3 is 10.2 Å². The molecule has 0 aliphatic heterocycles. The Morgan fingerprint density at radius 2 is 2.00 bits per heavy atom. The Labute approximate surface area is 139 Å². The van der Waals surface area contributed by atoms with Gasteiger partial charge in [0.1, 0.15) is 0 Å². The van der Waals surface area contributed by atoms with Crippen molar-refractivity contribution in [3.05, 3.63) is 29.3 Å². The third-order valence-corrected chi connectivity index (χ3v) is 5.24. The van der Waals surface area contributed by atoms with Gasteiger partial charge in [0.25, 0.3) is 0 Å². The summed E-state index contributed by atoms with van der Waals surface area (Å²) < 4.78 is 0.786. The van der Waals surface area contributed by atoms with Crippen molar-refractivity contribution in [2.75, 3.05) is 19.4 Å². The number of anilines is 2. The fourth-order valence-electron chi connectivity index (χ4n) is 1.82. The molecular weight excluding hydrogens is 316 g/mol. The van der Waals surface area contributed by atoms with Crippen LogP contribution in [0, 0.1) is 13.8 Å². The van der Waals surface area contributed by atoms with Crippen LogP contribution in [0.3, 0.4) is 0 Å². The number of thioether (sulfide) groups is 1. The number of carbonyl (C=O) groups is 1. The van der Waals surface area contributed by atoms with E-state index >= 15 is 0 Å². The van der Waals surface area contributed by atoms with Crippen LogP contribution in [0.25, 0.3) is 0 Å². The van der Waals surface area contributed by atoms with Crippen LogP contribution in [0.2, 0.25) is 0 Å². The number of benzene rings is 1. The maximum Gasteiger partial charge on any atom is 0.235 e. The molecule has 7 heteroatoms. The number of hydrogen-bond acceptors (Lipinski definition) is 6. The molecule has 1 amide bonds. The van der Waals surface area contributed by atoms with Gasteiger partial charge in [-0.3, -0.25) is 4.79 Å². The van der Waals surface area contributed by atoms with Crippen LogP contribution in [0.5, 0.6) is 0 Å². The topological polar surface area (TPSA) is 58.1 Å². The molecule has 2 aromatic rings. The molecule has 0 unspecified atom stereocenters. The Hall–Kier alpha value is -1.60. The first-order valence-corrected chi connectivity index (χ1v) is 8.62. The zero-order valence-electron chi connectivity index (χ0n) is 13.4. The number of rotatable bonds is 5. The number of hydrogen-bond donors (Lipinski definition) is 1. The highest BCUT2D eigenvalue weighted by Gasteiger charge is 2.18. The smallest absolute Gasteiger partial charge is 0.235 e. The maximum absolute atomic E-state index is 11.9. The molecule has 0 fully saturated rings. The molecule has 1 atom stereocenters. The summed E-state index contributed by atoms with van der Waals surface area (Å²) in [5.41, 5.74) is 3.48. The van der Waals surface area contributed by atoms with Gasteiger partial charge in [0.15, 0.2) is 4.34 Å². The Morgan fingerprint density at radius 1 is 1.27 bits per heavy atom. The highest BCUT2D eigenvalue weighted by Crippen LogP contribution is 2.31. The molecule has 0 spiro atoms. The first-order chi connectivity index (χ1) is 10.4. The van der Waals surface area contributed by atoms with Crippen LogP contribution in [0.15, 0.2) is 22.5 Å². The molecule has 22 heavy (non-hydrogen) atoms. The standard InChI is InChI=1S/C15H20N4OS2/c1-9-6-7-12(8-10(9)2)16-14-17-18-15(22-14)21-11(3)13(20)19(4)5/h6-8,11H,1-5H3,(H,16,17)/t11-/m0/s1. The van der Waals surface area contributed by atoms with Gasteiger partial charge in [-0.1, -0.05) is 29.2 Å². The van der Waals surface area contributed by atoms with E-state index in [9.17, 15) is 4.79 Å². The summed E-state index contributed by atoms with van der Waals surface area (Å²) in [5.74, 6) is 0.0730. The largest absolute Gasteiger partial charge is 0.348 e. The fourth-order valence-corrected chi connectivity index (χ4v) is 3.88. The second kappa shape index (κ2) is 7.11. The fraction of sp³-hybridized carbons (Fsp3) is 0.400. The highest BCUT2D eigenvalue weighted by molar-refractivity contribution is 8.02. The van der Waals surface area contributed by atoms with E-state index in [4.69, 9.17) is 0 Å². The summed E-state index contributed by atoms with van der Waals surface area (Å²) in [5, 5.41) is 12.1. The predicted molar refractivity (Wildman–Crippen MR) is 93.1 cm³/mol. The zero-order chi connectivity index (χ0) is 16.3. The lowest BCUT2D eigenvalue weighted by atomic mass is 10.1. The third-order valence-electron chi connectivity index (χ3n) is 3.23. The van der Waals surface area contributed by atoms with Gasteiger partial charge in [-0.05, 0) is 44.0 Å². The zero-order valence-corrected chi connectivity index (χ0v) is 15.0. The molecule has 1 aromatic carbocycles. The molecule has 118 valence electrons. The molecule has 1 aromatic heterocycles. The van der Waals surface area contributed by atoms with E-state index in [0.717, 1.165) is 15.2 Å². The van der Waals surface area contributed by atoms with Crippen molar-refractivity contribution in [3.63, 3.8) is 0 Å². The summed E-state index contributed by atoms with van der Waals surface area (Å²) in [6.07, 6.45) is 0. The Bertz CT molecular complexity index is 669. The van der Waals surface area contributed by atoms with E-state index in [-0.39, 0.29) is 11.2 Å². The summed E-state index contributed by atoms with van der Waals surface area (Å²) in [6, 6.07) is 6.18. The first-order valence-electron chi connectivity index (χ1n) is 6.92. The normalized spacial score (nSPS) is 12.0. The first kappa shape index (κ1) is 16.8. The summed E-state index contributed by atoms with van der Waals surface area (Å²) >= 11 is 2.88. The summed E-state index contributed by atoms with van der Waals surface area (Å²) in [4.78, 5) is 13.5. The Kier molecular flexibility index (Phi) is 5.42. The summed E-state index contributed by atoms with van der Waals surface area (Å²) in [6.45, 7) is 6.04. The number of nitrogens with zero attached hydrogens (tertiary/aromatic N) is 3. The van der Waals surface area contributed by atoms with Crippen LogP contribution in [-0.2, 0) is 4.79 Å². The van der Waals surface area contributed by atoms with Gasteiger partial charge in [-0.15, -0.1) is 10.2 Å². The van der Waals surface area contributed by atoms with Gasteiger partial charge in [0, 0.05) is 19.8 Å². The lowest BCUT2D eigenvalue weighted by Gasteiger charge is -2.14. The van der Waals surface area contributed by atoms with Gasteiger partial charge in [-0.2, -0.15) is 0 Å². The SMILES string of the molecule is Cc1ccc(Nc2nnc(S[C@@H](C)C(=O)N(C)C)s2)cc1C. The van der Waals surface area contributed by atoms with E-state index in [1.54, 1.807) is 19.0 Å². The van der Waals surface area contributed by atoms with E-state index < -0.39 is 0 Å². The van der Waals surface area contributed by atoms with Gasteiger partial charge in [0.2, 0.25) is 11.0 Å². The molecule has 1 N–H and O–H groups in total. The van der Waals surface area contributed by atoms with Crippen molar-refractivity contribution in [3.8, 4) is 0 Å². The molecule has 1 heterocycles. The van der Waals surface area contributed by atoms with Crippen molar-refractivity contribution in [2.45, 2.75) is 30.4 Å². The molecule has 2 rings (SSSR count). The van der Waals surface area contributed by atoms with Crippen molar-refractivity contribution in [1.82, 2.24) is 15.1 Å². The van der Waals surface area contributed by atoms with E-state index in [0.29, 0.717) is 0 Å². The summed E-state index contributed by atoms with van der Waals surface area (Å²) in [7, 11) is 3.51. The molecule has 5 nitrogen and oxygen atoms in total. The minimum Gasteiger partial charge on any atom is -0.348 e. The van der Waals surface area contributed by atoms with Crippen LogP contribution in [0.1, 0.15) is 18.1 Å². The van der Waals surface area contributed by atoms with Crippen LogP contribution < -0.4 is 5.32 Å². The minimum atomic E-state index is -0.169. The predicted octanol–water partition coefficient (Wildman–Crippen LogP) is 3.47. The van der Waals surface area contributed by atoms with E-state index in [1.807, 2.05) is 13.0 Å². The molecule has 0 aliphatic rings. The number of aromatic nitrogens is 2. The van der Waals surface area contributed by atoms with E-state index in [2.05, 4.69) is 41.5 Å². The quantitative estimate of drug-likeness (QED) is 0.847. The van der Waals surface area contributed by atoms with Crippen LogP contribution in [0.4, 0.5) is 10.8 Å². The molecule has 0 saturated heterocycles. The molecule has 0 bridgehead atoms.